The van der Waals surface area contributed by atoms with Crippen molar-refractivity contribution in [2.75, 3.05) is 0 Å². The van der Waals surface area contributed by atoms with Crippen LogP contribution < -0.4 is 0 Å². The van der Waals surface area contributed by atoms with Gasteiger partial charge in [-0.25, -0.2) is 0 Å². The standard InChI is InChI=1S/C26H50/c1-4-7-9-11-13-14-15-16-17-19-21-23-25-26(6-3)24-22-20-18-12-10-8-5-2/h5,16-17,26H,2,4,6-15,18-25H2,1,3H3. The number of unbranched alkanes of at least 4 members (excludes halogenated alkanes) is 13. The number of allylic oxidation sites excluding steroid dienone is 3. The van der Waals surface area contributed by atoms with Gasteiger partial charge in [0.2, 0.25) is 0 Å². The second-order valence-electron chi connectivity index (χ2n) is 8.22. The van der Waals surface area contributed by atoms with Crippen LogP contribution in [0.2, 0.25) is 0 Å². The minimum absolute atomic E-state index is 0.982. The Hall–Kier alpha value is -0.520. The van der Waals surface area contributed by atoms with Crippen LogP contribution in [0.15, 0.2) is 24.8 Å². The van der Waals surface area contributed by atoms with E-state index in [-0.39, 0.29) is 0 Å². The first kappa shape index (κ1) is 25.5. The van der Waals surface area contributed by atoms with Gasteiger partial charge in [0, 0.05) is 0 Å². The molecule has 0 bridgehead atoms. The molecular formula is C26H50. The van der Waals surface area contributed by atoms with E-state index in [0.717, 1.165) is 5.92 Å². The van der Waals surface area contributed by atoms with Gasteiger partial charge in [-0.05, 0) is 44.4 Å². The van der Waals surface area contributed by atoms with Crippen molar-refractivity contribution >= 4 is 0 Å². The minimum atomic E-state index is 0.982. The largest absolute Gasteiger partial charge is 0.103 e. The molecule has 0 aromatic carbocycles. The third kappa shape index (κ3) is 19.8. The molecule has 26 heavy (non-hydrogen) atoms. The Labute approximate surface area is 166 Å². The molecule has 0 saturated carbocycles. The highest BCUT2D eigenvalue weighted by Crippen LogP contribution is 2.21. The molecule has 0 amide bonds. The summed E-state index contributed by atoms with van der Waals surface area (Å²) in [6.45, 7) is 8.47. The maximum atomic E-state index is 3.80. The molecule has 0 aliphatic heterocycles. The lowest BCUT2D eigenvalue weighted by atomic mass is 9.92. The average molecular weight is 363 g/mol. The van der Waals surface area contributed by atoms with Crippen molar-refractivity contribution in [3.8, 4) is 0 Å². The summed E-state index contributed by atoms with van der Waals surface area (Å²) in [5.74, 6) is 0.982. The molecule has 0 heterocycles. The van der Waals surface area contributed by atoms with E-state index in [0.29, 0.717) is 0 Å². The summed E-state index contributed by atoms with van der Waals surface area (Å²) in [4.78, 5) is 0. The van der Waals surface area contributed by atoms with E-state index in [1.807, 2.05) is 0 Å². The quantitative estimate of drug-likeness (QED) is 0.141. The monoisotopic (exact) mass is 362 g/mol. The summed E-state index contributed by atoms with van der Waals surface area (Å²) in [7, 11) is 0. The van der Waals surface area contributed by atoms with Crippen molar-refractivity contribution in [2.24, 2.45) is 5.92 Å². The highest BCUT2D eigenvalue weighted by Gasteiger charge is 2.05. The third-order valence-electron chi connectivity index (χ3n) is 5.72. The van der Waals surface area contributed by atoms with Crippen molar-refractivity contribution in [1.82, 2.24) is 0 Å². The first-order valence-corrected chi connectivity index (χ1v) is 12.1. The predicted octanol–water partition coefficient (Wildman–Crippen LogP) is 9.80. The molecule has 0 nitrogen and oxygen atoms in total. The Morgan fingerprint density at radius 3 is 1.62 bits per heavy atom. The molecule has 0 aromatic heterocycles. The highest BCUT2D eigenvalue weighted by molar-refractivity contribution is 4.81. The molecule has 0 aliphatic rings. The first-order valence-electron chi connectivity index (χ1n) is 12.1. The Bertz CT molecular complexity index is 288. The van der Waals surface area contributed by atoms with Gasteiger partial charge < -0.3 is 0 Å². The smallest absolute Gasteiger partial charge is 0.0351 e. The Morgan fingerprint density at radius 2 is 1.04 bits per heavy atom. The summed E-state index contributed by atoms with van der Waals surface area (Å²) in [5, 5.41) is 0. The molecule has 0 radical (unpaired) electrons. The van der Waals surface area contributed by atoms with Crippen LogP contribution in [0.3, 0.4) is 0 Å². The van der Waals surface area contributed by atoms with Crippen LogP contribution in [-0.4, -0.2) is 0 Å². The van der Waals surface area contributed by atoms with Crippen molar-refractivity contribution in [1.29, 1.82) is 0 Å². The summed E-state index contributed by atoms with van der Waals surface area (Å²) in [6, 6.07) is 0. The van der Waals surface area contributed by atoms with Gasteiger partial charge in [0.1, 0.15) is 0 Å². The van der Waals surface area contributed by atoms with Gasteiger partial charge in [0.05, 0.1) is 0 Å². The maximum Gasteiger partial charge on any atom is -0.0351 e. The lowest BCUT2D eigenvalue weighted by Gasteiger charge is -2.14. The third-order valence-corrected chi connectivity index (χ3v) is 5.72. The van der Waals surface area contributed by atoms with E-state index >= 15 is 0 Å². The van der Waals surface area contributed by atoms with Crippen LogP contribution in [-0.2, 0) is 0 Å². The van der Waals surface area contributed by atoms with Gasteiger partial charge in [0.25, 0.3) is 0 Å². The highest BCUT2D eigenvalue weighted by atomic mass is 14.1. The van der Waals surface area contributed by atoms with Gasteiger partial charge >= 0.3 is 0 Å². The van der Waals surface area contributed by atoms with Gasteiger partial charge in [-0.3, -0.25) is 0 Å². The molecule has 0 rings (SSSR count). The SMILES string of the molecule is C=CCCCCCCCC(CC)CCCCC=CCCCCCCCC. The molecule has 154 valence electrons. The topological polar surface area (TPSA) is 0 Å². The fraction of sp³-hybridized carbons (Fsp3) is 0.846. The zero-order chi connectivity index (χ0) is 19.1. The zero-order valence-corrected chi connectivity index (χ0v) is 18.5. The number of hydrogen-bond donors (Lipinski definition) is 0. The zero-order valence-electron chi connectivity index (χ0n) is 18.5. The molecule has 0 spiro atoms. The average Bonchev–Trinajstić information content (AvgIpc) is 2.66. The molecule has 1 atom stereocenters. The van der Waals surface area contributed by atoms with E-state index in [2.05, 4.69) is 38.7 Å². The molecule has 0 fully saturated rings. The second-order valence-corrected chi connectivity index (χ2v) is 8.22. The predicted molar refractivity (Wildman–Crippen MR) is 122 cm³/mol. The molecular weight excluding hydrogens is 312 g/mol. The lowest BCUT2D eigenvalue weighted by Crippen LogP contribution is -1.99. The normalized spacial score (nSPS) is 12.7. The van der Waals surface area contributed by atoms with Crippen molar-refractivity contribution < 1.29 is 0 Å². The van der Waals surface area contributed by atoms with Crippen molar-refractivity contribution in [3.63, 3.8) is 0 Å². The fourth-order valence-electron chi connectivity index (χ4n) is 3.78. The van der Waals surface area contributed by atoms with E-state index in [9.17, 15) is 0 Å². The fourth-order valence-corrected chi connectivity index (χ4v) is 3.78. The molecule has 0 saturated heterocycles. The van der Waals surface area contributed by atoms with Crippen LogP contribution in [0.4, 0.5) is 0 Å². The van der Waals surface area contributed by atoms with Crippen LogP contribution in [0, 0.1) is 5.92 Å². The van der Waals surface area contributed by atoms with Crippen molar-refractivity contribution in [2.45, 2.75) is 136 Å². The van der Waals surface area contributed by atoms with Crippen LogP contribution >= 0.6 is 0 Å². The van der Waals surface area contributed by atoms with Crippen LogP contribution in [0.5, 0.6) is 0 Å². The van der Waals surface area contributed by atoms with Gasteiger partial charge in [0.15, 0.2) is 0 Å². The molecule has 0 aromatic rings. The lowest BCUT2D eigenvalue weighted by molar-refractivity contribution is 0.397. The molecule has 0 heteroatoms. The molecule has 1 unspecified atom stereocenters. The van der Waals surface area contributed by atoms with Crippen LogP contribution in [0.25, 0.3) is 0 Å². The minimum Gasteiger partial charge on any atom is -0.103 e. The van der Waals surface area contributed by atoms with E-state index in [4.69, 9.17) is 0 Å². The Balaban J connectivity index is 3.37. The molecule has 0 N–H and O–H groups in total. The van der Waals surface area contributed by atoms with E-state index in [1.165, 1.54) is 122 Å². The van der Waals surface area contributed by atoms with Crippen LogP contribution in [0.1, 0.15) is 136 Å². The Kier molecular flexibility index (Phi) is 22.1. The summed E-state index contributed by atoms with van der Waals surface area (Å²) in [6.07, 6.45) is 33.4. The van der Waals surface area contributed by atoms with E-state index in [1.54, 1.807) is 0 Å². The molecule has 0 aliphatic carbocycles. The number of rotatable bonds is 21. The second kappa shape index (κ2) is 22.5. The first-order chi connectivity index (χ1) is 12.8. The van der Waals surface area contributed by atoms with Gasteiger partial charge in [-0.1, -0.05) is 116 Å². The summed E-state index contributed by atoms with van der Waals surface area (Å²) < 4.78 is 0. The van der Waals surface area contributed by atoms with E-state index < -0.39 is 0 Å². The number of hydrogen-bond acceptors (Lipinski definition) is 0. The summed E-state index contributed by atoms with van der Waals surface area (Å²) in [5.41, 5.74) is 0. The summed E-state index contributed by atoms with van der Waals surface area (Å²) >= 11 is 0. The van der Waals surface area contributed by atoms with Gasteiger partial charge in [-0.15, -0.1) is 6.58 Å². The maximum absolute atomic E-state index is 3.80. The van der Waals surface area contributed by atoms with Gasteiger partial charge in [-0.2, -0.15) is 0 Å². The van der Waals surface area contributed by atoms with Crippen molar-refractivity contribution in [3.05, 3.63) is 24.8 Å². The Morgan fingerprint density at radius 1 is 0.577 bits per heavy atom.